The van der Waals surface area contributed by atoms with E-state index < -0.39 is 0 Å². The van der Waals surface area contributed by atoms with Gasteiger partial charge in [0.1, 0.15) is 0 Å². The first-order chi connectivity index (χ1) is 6.22. The lowest BCUT2D eigenvalue weighted by Gasteiger charge is -2.03. The molecule has 0 aliphatic rings. The number of carbonyl (C=O) groups excluding carboxylic acids is 1. The summed E-state index contributed by atoms with van der Waals surface area (Å²) in [6.07, 6.45) is 3.69. The third kappa shape index (κ3) is 3.21. The predicted molar refractivity (Wildman–Crippen MR) is 51.3 cm³/mol. The number of rotatable bonds is 3. The van der Waals surface area contributed by atoms with Crippen LogP contribution < -0.4 is 11.1 Å². The van der Waals surface area contributed by atoms with Gasteiger partial charge < -0.3 is 11.1 Å². The molecule has 4 nitrogen and oxygen atoms in total. The molecule has 4 heteroatoms. The number of hydrogen-bond acceptors (Lipinski definition) is 3. The van der Waals surface area contributed by atoms with Crippen molar-refractivity contribution in [3.63, 3.8) is 0 Å². The fraction of sp³-hybridized carbons (Fsp3) is 0.333. The van der Waals surface area contributed by atoms with Gasteiger partial charge in [-0.15, -0.1) is 0 Å². The van der Waals surface area contributed by atoms with Gasteiger partial charge in [-0.2, -0.15) is 0 Å². The molecule has 1 amide bonds. The van der Waals surface area contributed by atoms with E-state index in [1.165, 1.54) is 0 Å². The zero-order valence-corrected chi connectivity index (χ0v) is 7.58. The summed E-state index contributed by atoms with van der Waals surface area (Å²) in [5, 5.41) is 2.70. The Labute approximate surface area is 77.2 Å². The number of nitrogens with two attached hydrogens (primary N) is 1. The van der Waals surface area contributed by atoms with Crippen molar-refractivity contribution in [1.82, 2.24) is 4.98 Å². The van der Waals surface area contributed by atoms with Gasteiger partial charge in [-0.25, -0.2) is 0 Å². The minimum Gasteiger partial charge on any atom is -0.330 e. The summed E-state index contributed by atoms with van der Waals surface area (Å²) in [6, 6.07) is 1.86. The third-order valence-corrected chi connectivity index (χ3v) is 1.53. The summed E-state index contributed by atoms with van der Waals surface area (Å²) in [5.41, 5.74) is 6.98. The Morgan fingerprint density at radius 2 is 2.38 bits per heavy atom. The number of amides is 1. The first kappa shape index (κ1) is 9.67. The van der Waals surface area contributed by atoms with E-state index in [0.29, 0.717) is 13.0 Å². The topological polar surface area (TPSA) is 68.0 Å². The first-order valence-electron chi connectivity index (χ1n) is 4.14. The average molecular weight is 179 g/mol. The minimum absolute atomic E-state index is 0.0742. The van der Waals surface area contributed by atoms with E-state index in [1.54, 1.807) is 12.4 Å². The van der Waals surface area contributed by atoms with Gasteiger partial charge >= 0.3 is 0 Å². The summed E-state index contributed by atoms with van der Waals surface area (Å²) in [4.78, 5) is 15.1. The maximum atomic E-state index is 11.1. The van der Waals surface area contributed by atoms with Gasteiger partial charge in [-0.05, 0) is 18.6 Å². The molecule has 0 aliphatic heterocycles. The Kier molecular flexibility index (Phi) is 3.40. The highest BCUT2D eigenvalue weighted by molar-refractivity contribution is 5.90. The zero-order chi connectivity index (χ0) is 9.68. The fourth-order valence-electron chi connectivity index (χ4n) is 0.978. The predicted octanol–water partition coefficient (Wildman–Crippen LogP) is 0.677. The number of carbonyl (C=O) groups is 1. The smallest absolute Gasteiger partial charge is 0.225 e. The highest BCUT2D eigenvalue weighted by atomic mass is 16.1. The second-order valence-corrected chi connectivity index (χ2v) is 2.84. The lowest BCUT2D eigenvalue weighted by molar-refractivity contribution is -0.116. The van der Waals surface area contributed by atoms with Crippen molar-refractivity contribution in [1.29, 1.82) is 0 Å². The summed E-state index contributed by atoms with van der Waals surface area (Å²) >= 11 is 0. The number of aryl methyl sites for hydroxylation is 1. The van der Waals surface area contributed by atoms with Crippen molar-refractivity contribution in [3.05, 3.63) is 24.0 Å². The molecule has 0 bridgehead atoms. The number of anilines is 1. The highest BCUT2D eigenvalue weighted by Gasteiger charge is 2.00. The van der Waals surface area contributed by atoms with E-state index in [0.717, 1.165) is 11.3 Å². The van der Waals surface area contributed by atoms with Crippen molar-refractivity contribution in [2.45, 2.75) is 13.3 Å². The largest absolute Gasteiger partial charge is 0.330 e. The number of nitrogens with zero attached hydrogens (tertiary/aromatic N) is 1. The van der Waals surface area contributed by atoms with Crippen LogP contribution in [0.25, 0.3) is 0 Å². The molecule has 1 rings (SSSR count). The number of nitrogens with one attached hydrogen (secondary N) is 1. The minimum atomic E-state index is -0.0742. The Morgan fingerprint density at radius 3 is 3.00 bits per heavy atom. The molecule has 3 N–H and O–H groups in total. The van der Waals surface area contributed by atoms with Gasteiger partial charge in [-0.3, -0.25) is 9.78 Å². The van der Waals surface area contributed by atoms with Gasteiger partial charge in [0.25, 0.3) is 0 Å². The Morgan fingerprint density at radius 1 is 1.62 bits per heavy atom. The quantitative estimate of drug-likeness (QED) is 0.716. The second-order valence-electron chi connectivity index (χ2n) is 2.84. The third-order valence-electron chi connectivity index (χ3n) is 1.53. The maximum absolute atomic E-state index is 11.1. The van der Waals surface area contributed by atoms with Crippen LogP contribution in [-0.2, 0) is 4.79 Å². The number of hydrogen-bond donors (Lipinski definition) is 2. The standard InChI is InChI=1S/C9H13N3O/c1-7-4-8(6-11-5-7)12-9(13)2-3-10/h4-6H,2-3,10H2,1H3,(H,12,13). The first-order valence-corrected chi connectivity index (χ1v) is 4.14. The van der Waals surface area contributed by atoms with Crippen molar-refractivity contribution in [2.24, 2.45) is 5.73 Å². The van der Waals surface area contributed by atoms with E-state index >= 15 is 0 Å². The van der Waals surface area contributed by atoms with Crippen LogP contribution in [0.3, 0.4) is 0 Å². The van der Waals surface area contributed by atoms with Crippen molar-refractivity contribution < 1.29 is 4.79 Å². The van der Waals surface area contributed by atoms with Crippen LogP contribution in [0.5, 0.6) is 0 Å². The fourth-order valence-corrected chi connectivity index (χ4v) is 0.978. The summed E-state index contributed by atoms with van der Waals surface area (Å²) in [6.45, 7) is 2.29. The van der Waals surface area contributed by atoms with Crippen LogP contribution in [0.2, 0.25) is 0 Å². The molecular formula is C9H13N3O. The number of aromatic nitrogens is 1. The maximum Gasteiger partial charge on any atom is 0.225 e. The van der Waals surface area contributed by atoms with E-state index in [4.69, 9.17) is 5.73 Å². The van der Waals surface area contributed by atoms with Crippen molar-refractivity contribution >= 4 is 11.6 Å². The lowest BCUT2D eigenvalue weighted by atomic mass is 10.3. The van der Waals surface area contributed by atoms with Crippen LogP contribution >= 0.6 is 0 Å². The van der Waals surface area contributed by atoms with Gasteiger partial charge in [-0.1, -0.05) is 0 Å². The Hall–Kier alpha value is -1.42. The molecule has 1 heterocycles. The molecule has 13 heavy (non-hydrogen) atoms. The molecule has 0 aromatic carbocycles. The van der Waals surface area contributed by atoms with Crippen LogP contribution in [-0.4, -0.2) is 17.4 Å². The second kappa shape index (κ2) is 4.57. The van der Waals surface area contributed by atoms with Crippen LogP contribution in [0, 0.1) is 6.92 Å². The zero-order valence-electron chi connectivity index (χ0n) is 7.58. The van der Waals surface area contributed by atoms with Crippen molar-refractivity contribution in [2.75, 3.05) is 11.9 Å². The van der Waals surface area contributed by atoms with Crippen LogP contribution in [0.15, 0.2) is 18.5 Å². The monoisotopic (exact) mass is 179 g/mol. The summed E-state index contributed by atoms with van der Waals surface area (Å²) < 4.78 is 0. The van der Waals surface area contributed by atoms with Gasteiger partial charge in [0.05, 0.1) is 11.9 Å². The Balaban J connectivity index is 2.58. The van der Waals surface area contributed by atoms with Crippen LogP contribution in [0.1, 0.15) is 12.0 Å². The average Bonchev–Trinajstić information content (AvgIpc) is 2.04. The lowest BCUT2D eigenvalue weighted by Crippen LogP contribution is -2.16. The molecule has 0 spiro atoms. The van der Waals surface area contributed by atoms with Crippen molar-refractivity contribution in [3.8, 4) is 0 Å². The molecule has 1 aromatic rings. The summed E-state index contributed by atoms with van der Waals surface area (Å²) in [7, 11) is 0. The molecule has 0 radical (unpaired) electrons. The van der Waals surface area contributed by atoms with Gasteiger partial charge in [0.2, 0.25) is 5.91 Å². The van der Waals surface area contributed by atoms with E-state index in [9.17, 15) is 4.79 Å². The van der Waals surface area contributed by atoms with E-state index in [2.05, 4.69) is 10.3 Å². The molecule has 0 fully saturated rings. The van der Waals surface area contributed by atoms with E-state index in [1.807, 2.05) is 13.0 Å². The molecule has 0 saturated heterocycles. The molecule has 0 aliphatic carbocycles. The summed E-state index contributed by atoms with van der Waals surface area (Å²) in [5.74, 6) is -0.0742. The molecule has 0 unspecified atom stereocenters. The van der Waals surface area contributed by atoms with Gasteiger partial charge in [0.15, 0.2) is 0 Å². The molecule has 0 atom stereocenters. The SMILES string of the molecule is Cc1cncc(NC(=O)CCN)c1. The van der Waals surface area contributed by atoms with Crippen LogP contribution in [0.4, 0.5) is 5.69 Å². The van der Waals surface area contributed by atoms with Gasteiger partial charge in [0, 0.05) is 19.2 Å². The molecule has 70 valence electrons. The number of pyridine rings is 1. The highest BCUT2D eigenvalue weighted by Crippen LogP contribution is 2.06. The van der Waals surface area contributed by atoms with E-state index in [-0.39, 0.29) is 5.91 Å². The molecule has 1 aromatic heterocycles. The molecular weight excluding hydrogens is 166 g/mol. The normalized spacial score (nSPS) is 9.69. The molecule has 0 saturated carbocycles. The Bertz CT molecular complexity index is 299.